The van der Waals surface area contributed by atoms with E-state index >= 15 is 0 Å². The van der Waals surface area contributed by atoms with Crippen LogP contribution in [0.4, 0.5) is 0 Å². The second kappa shape index (κ2) is 8.68. The normalized spacial score (nSPS) is 24.9. The minimum absolute atomic E-state index is 0.0375. The first-order valence-electron chi connectivity index (χ1n) is 10.4. The quantitative estimate of drug-likeness (QED) is 0.488. The second-order valence-electron chi connectivity index (χ2n) is 8.40. The highest BCUT2D eigenvalue weighted by molar-refractivity contribution is 6.30. The number of nitrogens with zero attached hydrogens (tertiary/aromatic N) is 1. The molecule has 2 fully saturated rings. The highest BCUT2D eigenvalue weighted by Crippen LogP contribution is 2.66. The zero-order valence-electron chi connectivity index (χ0n) is 17.4. The predicted molar refractivity (Wildman–Crippen MR) is 118 cm³/mol. The van der Waals surface area contributed by atoms with E-state index in [-0.39, 0.29) is 17.2 Å². The average molecular weight is 427 g/mol. The van der Waals surface area contributed by atoms with Crippen molar-refractivity contribution in [2.75, 3.05) is 7.11 Å². The van der Waals surface area contributed by atoms with Crippen LogP contribution in [0.1, 0.15) is 43.7 Å². The van der Waals surface area contributed by atoms with E-state index in [9.17, 15) is 4.79 Å². The maximum Gasteiger partial charge on any atom is 0.244 e. The summed E-state index contributed by atoms with van der Waals surface area (Å²) in [4.78, 5) is 12.5. The summed E-state index contributed by atoms with van der Waals surface area (Å²) in [5.41, 5.74) is 4.75. The maximum absolute atomic E-state index is 12.5. The van der Waals surface area contributed by atoms with Crippen LogP contribution in [-0.2, 0) is 11.4 Å². The van der Waals surface area contributed by atoms with Crippen molar-refractivity contribution < 1.29 is 14.3 Å². The average Bonchev–Trinajstić information content (AvgIpc) is 3.39. The summed E-state index contributed by atoms with van der Waals surface area (Å²) in [6.07, 6.45) is 6.41. The zero-order valence-corrected chi connectivity index (χ0v) is 18.1. The number of ether oxygens (including phenoxy) is 2. The number of carbonyl (C=O) groups excluding carboxylic acids is 1. The fraction of sp³-hybridized carbons (Fsp3) is 0.417. The van der Waals surface area contributed by atoms with E-state index < -0.39 is 0 Å². The molecule has 0 radical (unpaired) electrons. The Morgan fingerprint density at radius 3 is 2.73 bits per heavy atom. The molecule has 0 aliphatic heterocycles. The molecule has 2 aromatic carbocycles. The van der Waals surface area contributed by atoms with Crippen molar-refractivity contribution >= 4 is 23.7 Å². The van der Waals surface area contributed by atoms with Gasteiger partial charge in [-0.3, -0.25) is 4.79 Å². The lowest BCUT2D eigenvalue weighted by molar-refractivity contribution is -0.123. The first-order valence-corrected chi connectivity index (χ1v) is 10.8. The second-order valence-corrected chi connectivity index (χ2v) is 8.83. The van der Waals surface area contributed by atoms with Gasteiger partial charge in [-0.2, -0.15) is 5.10 Å². The maximum atomic E-state index is 12.5. The summed E-state index contributed by atoms with van der Waals surface area (Å²) < 4.78 is 11.3. The Hall–Kier alpha value is -2.53. The molecule has 1 amide bonds. The third kappa shape index (κ3) is 4.31. The van der Waals surface area contributed by atoms with Gasteiger partial charge in [0.05, 0.1) is 13.3 Å². The van der Waals surface area contributed by atoms with Gasteiger partial charge in [-0.1, -0.05) is 43.5 Å². The zero-order chi connectivity index (χ0) is 21.1. The highest BCUT2D eigenvalue weighted by atomic mass is 35.5. The number of carbonyl (C=O) groups is 1. The molecule has 0 bridgehead atoms. The lowest BCUT2D eigenvalue weighted by Crippen LogP contribution is -2.22. The van der Waals surface area contributed by atoms with Crippen molar-refractivity contribution in [2.45, 2.75) is 39.2 Å². The molecular formula is C24H27ClN2O3. The van der Waals surface area contributed by atoms with Gasteiger partial charge in [-0.25, -0.2) is 5.43 Å². The van der Waals surface area contributed by atoms with Gasteiger partial charge in [0, 0.05) is 10.9 Å². The number of amides is 1. The van der Waals surface area contributed by atoms with Crippen LogP contribution < -0.4 is 14.9 Å². The fourth-order valence-corrected chi connectivity index (χ4v) is 4.84. The van der Waals surface area contributed by atoms with Crippen LogP contribution in [0, 0.1) is 17.3 Å². The summed E-state index contributed by atoms with van der Waals surface area (Å²) in [6, 6.07) is 13.1. The van der Waals surface area contributed by atoms with Gasteiger partial charge in [0.15, 0.2) is 11.5 Å². The van der Waals surface area contributed by atoms with Gasteiger partial charge in [0.25, 0.3) is 0 Å². The molecule has 4 rings (SSSR count). The molecule has 2 aromatic rings. The fourth-order valence-electron chi connectivity index (χ4n) is 4.72. The van der Waals surface area contributed by atoms with E-state index in [2.05, 4.69) is 17.5 Å². The van der Waals surface area contributed by atoms with E-state index in [0.29, 0.717) is 29.0 Å². The highest BCUT2D eigenvalue weighted by Gasteiger charge is 2.64. The van der Waals surface area contributed by atoms with Gasteiger partial charge in [-0.15, -0.1) is 0 Å². The molecule has 2 aliphatic carbocycles. The first kappa shape index (κ1) is 20.7. The number of benzene rings is 2. The molecule has 0 saturated heterocycles. The van der Waals surface area contributed by atoms with Crippen molar-refractivity contribution in [3.63, 3.8) is 0 Å². The molecule has 158 valence electrons. The van der Waals surface area contributed by atoms with Crippen molar-refractivity contribution in [2.24, 2.45) is 22.4 Å². The Labute approximate surface area is 182 Å². The van der Waals surface area contributed by atoms with Crippen LogP contribution in [0.3, 0.4) is 0 Å². The predicted octanol–water partition coefficient (Wildman–Crippen LogP) is 5.20. The van der Waals surface area contributed by atoms with E-state index in [0.717, 1.165) is 24.0 Å². The van der Waals surface area contributed by atoms with Crippen LogP contribution in [-0.4, -0.2) is 19.2 Å². The minimum atomic E-state index is 0.0375. The number of fused-ring (bicyclic) bond motifs is 1. The van der Waals surface area contributed by atoms with E-state index in [1.54, 1.807) is 13.3 Å². The van der Waals surface area contributed by atoms with Gasteiger partial charge >= 0.3 is 0 Å². The summed E-state index contributed by atoms with van der Waals surface area (Å²) in [7, 11) is 1.60. The van der Waals surface area contributed by atoms with Crippen LogP contribution in [0.2, 0.25) is 5.02 Å². The Morgan fingerprint density at radius 1 is 1.23 bits per heavy atom. The molecular weight excluding hydrogens is 400 g/mol. The van der Waals surface area contributed by atoms with Crippen LogP contribution in [0.5, 0.6) is 11.5 Å². The summed E-state index contributed by atoms with van der Waals surface area (Å²) in [6.45, 7) is 2.65. The van der Waals surface area contributed by atoms with Crippen molar-refractivity contribution in [1.82, 2.24) is 5.43 Å². The largest absolute Gasteiger partial charge is 0.493 e. The molecule has 2 aliphatic rings. The summed E-state index contributed by atoms with van der Waals surface area (Å²) >= 11 is 5.91. The number of rotatable bonds is 7. The molecule has 6 heteroatoms. The molecule has 3 atom stereocenters. The van der Waals surface area contributed by atoms with Gasteiger partial charge in [0.1, 0.15) is 6.61 Å². The molecule has 2 saturated carbocycles. The van der Waals surface area contributed by atoms with Gasteiger partial charge in [-0.05, 0) is 65.6 Å². The third-order valence-corrected chi connectivity index (χ3v) is 6.75. The van der Waals surface area contributed by atoms with Crippen LogP contribution in [0.25, 0.3) is 0 Å². The van der Waals surface area contributed by atoms with Gasteiger partial charge < -0.3 is 9.47 Å². The summed E-state index contributed by atoms with van der Waals surface area (Å²) in [5.74, 6) is 1.92. The number of hydrazone groups is 1. The number of hydrogen-bond donors (Lipinski definition) is 1. The molecule has 0 aromatic heterocycles. The Bertz CT molecular complexity index is 944. The lowest BCUT2D eigenvalue weighted by Gasteiger charge is -2.15. The van der Waals surface area contributed by atoms with Crippen LogP contribution in [0.15, 0.2) is 47.6 Å². The number of methoxy groups -OCH3 is 1. The van der Waals surface area contributed by atoms with Crippen molar-refractivity contribution in [3.8, 4) is 11.5 Å². The molecule has 0 spiro atoms. The SMILES string of the molecule is COc1cc(/C=N\NC(=O)[C@@H]2[C@@H]3CCCC[C@]23C)ccc1OCc1ccc(Cl)cc1. The van der Waals surface area contributed by atoms with Crippen LogP contribution >= 0.6 is 11.6 Å². The molecule has 30 heavy (non-hydrogen) atoms. The molecule has 5 nitrogen and oxygen atoms in total. The number of nitrogens with one attached hydrogen (secondary N) is 1. The Balaban J connectivity index is 1.34. The smallest absolute Gasteiger partial charge is 0.244 e. The first-order chi connectivity index (χ1) is 14.5. The molecule has 0 heterocycles. The standard InChI is InChI=1S/C24H27ClN2O3/c1-24-12-4-3-5-19(24)22(24)23(28)27-26-14-17-8-11-20(21(13-17)29-2)30-15-16-6-9-18(25)10-7-16/h6-11,13-14,19,22H,3-5,12,15H2,1-2H3,(H,27,28)/b26-14-/t19-,22-,24-/m0/s1. The Morgan fingerprint density at radius 2 is 2.03 bits per heavy atom. The van der Waals surface area contributed by atoms with Crippen molar-refractivity contribution in [3.05, 3.63) is 58.6 Å². The van der Waals surface area contributed by atoms with Crippen molar-refractivity contribution in [1.29, 1.82) is 0 Å². The lowest BCUT2D eigenvalue weighted by atomic mass is 9.90. The molecule has 1 N–H and O–H groups in total. The molecule has 0 unspecified atom stereocenters. The van der Waals surface area contributed by atoms with E-state index in [4.69, 9.17) is 21.1 Å². The van der Waals surface area contributed by atoms with Gasteiger partial charge in [0.2, 0.25) is 5.91 Å². The Kier molecular flexibility index (Phi) is 6.00. The number of hydrogen-bond acceptors (Lipinski definition) is 4. The monoisotopic (exact) mass is 426 g/mol. The third-order valence-electron chi connectivity index (χ3n) is 6.50. The minimum Gasteiger partial charge on any atom is -0.493 e. The summed E-state index contributed by atoms with van der Waals surface area (Å²) in [5, 5.41) is 4.86. The number of halogens is 1. The topological polar surface area (TPSA) is 59.9 Å². The van der Waals surface area contributed by atoms with E-state index in [1.165, 1.54) is 12.8 Å². The van der Waals surface area contributed by atoms with E-state index in [1.807, 2.05) is 42.5 Å².